The van der Waals surface area contributed by atoms with E-state index in [4.69, 9.17) is 9.47 Å². The van der Waals surface area contributed by atoms with Crippen LogP contribution in [0, 0.1) is 0 Å². The van der Waals surface area contributed by atoms with Gasteiger partial charge in [-0.05, 0) is 41.3 Å². The Kier molecular flexibility index (Phi) is 5.57. The Labute approximate surface area is 199 Å². The van der Waals surface area contributed by atoms with Crippen molar-refractivity contribution in [2.45, 2.75) is 12.5 Å². The number of fused-ring (bicyclic) bond motifs is 2. The van der Waals surface area contributed by atoms with Crippen LogP contribution < -0.4 is 9.47 Å². The van der Waals surface area contributed by atoms with E-state index in [0.29, 0.717) is 35.7 Å². The van der Waals surface area contributed by atoms with Gasteiger partial charge in [-0.3, -0.25) is 14.5 Å². The zero-order chi connectivity index (χ0) is 23.8. The van der Waals surface area contributed by atoms with Crippen LogP contribution in [0.15, 0.2) is 73.3 Å². The molecular weight excluding hydrogens is 428 g/mol. The summed E-state index contributed by atoms with van der Waals surface area (Å²) in [7, 11) is 3.23. The van der Waals surface area contributed by atoms with Gasteiger partial charge < -0.3 is 14.4 Å². The van der Waals surface area contributed by atoms with Crippen molar-refractivity contribution in [2.24, 2.45) is 0 Å². The van der Waals surface area contributed by atoms with E-state index >= 15 is 0 Å². The van der Waals surface area contributed by atoms with E-state index < -0.39 is 0 Å². The van der Waals surface area contributed by atoms with Crippen molar-refractivity contribution in [1.82, 2.24) is 9.80 Å². The standard InChI is InChI=1S/C28H26N2O4/c1-18-21-11-7-8-12-22(21)28(32)30(18)17-26(31)29-14-13-20-15-24(33-2)25(34-3)16-23(20)27(29)19-9-5-4-6-10-19/h4-12,15-16,27H,1,13-14,17H2,2-3H3. The lowest BCUT2D eigenvalue weighted by molar-refractivity contribution is -0.133. The summed E-state index contributed by atoms with van der Waals surface area (Å²) in [4.78, 5) is 30.0. The highest BCUT2D eigenvalue weighted by atomic mass is 16.5. The molecule has 6 heteroatoms. The number of benzene rings is 3. The number of hydrogen-bond acceptors (Lipinski definition) is 4. The topological polar surface area (TPSA) is 59.1 Å². The van der Waals surface area contributed by atoms with Crippen LogP contribution in [0.1, 0.15) is 38.7 Å². The van der Waals surface area contributed by atoms with Crippen LogP contribution in [0.25, 0.3) is 5.70 Å². The molecule has 2 amide bonds. The molecule has 34 heavy (non-hydrogen) atoms. The molecule has 0 aromatic heterocycles. The fourth-order valence-electron chi connectivity index (χ4n) is 4.94. The molecule has 3 aromatic carbocycles. The van der Waals surface area contributed by atoms with Crippen LogP contribution in [-0.4, -0.2) is 48.9 Å². The molecule has 0 saturated heterocycles. The molecule has 3 aromatic rings. The fraction of sp³-hybridized carbons (Fsp3) is 0.214. The summed E-state index contributed by atoms with van der Waals surface area (Å²) >= 11 is 0. The second kappa shape index (κ2) is 8.71. The first-order chi connectivity index (χ1) is 16.5. The average molecular weight is 455 g/mol. The highest BCUT2D eigenvalue weighted by molar-refractivity contribution is 6.10. The number of hydrogen-bond donors (Lipinski definition) is 0. The van der Waals surface area contributed by atoms with E-state index in [2.05, 4.69) is 6.58 Å². The number of amides is 2. The minimum atomic E-state index is -0.300. The predicted molar refractivity (Wildman–Crippen MR) is 130 cm³/mol. The van der Waals surface area contributed by atoms with Crippen molar-refractivity contribution in [3.8, 4) is 11.5 Å². The average Bonchev–Trinajstić information content (AvgIpc) is 3.12. The molecular formula is C28H26N2O4. The largest absolute Gasteiger partial charge is 0.493 e. The van der Waals surface area contributed by atoms with Crippen LogP contribution in [0.5, 0.6) is 11.5 Å². The molecule has 5 rings (SSSR count). The summed E-state index contributed by atoms with van der Waals surface area (Å²) in [5.41, 5.74) is 5.04. The van der Waals surface area contributed by atoms with Gasteiger partial charge in [-0.1, -0.05) is 55.1 Å². The van der Waals surface area contributed by atoms with Crippen LogP contribution >= 0.6 is 0 Å². The maximum absolute atomic E-state index is 13.7. The van der Waals surface area contributed by atoms with Crippen LogP contribution in [-0.2, 0) is 11.2 Å². The van der Waals surface area contributed by atoms with E-state index in [1.54, 1.807) is 20.3 Å². The Morgan fingerprint density at radius 1 is 0.971 bits per heavy atom. The molecule has 1 unspecified atom stereocenters. The van der Waals surface area contributed by atoms with Crippen molar-refractivity contribution >= 4 is 17.5 Å². The van der Waals surface area contributed by atoms with Crippen molar-refractivity contribution in [3.63, 3.8) is 0 Å². The van der Waals surface area contributed by atoms with Gasteiger partial charge in [0.15, 0.2) is 11.5 Å². The van der Waals surface area contributed by atoms with Crippen LogP contribution in [0.4, 0.5) is 0 Å². The zero-order valence-corrected chi connectivity index (χ0v) is 19.3. The van der Waals surface area contributed by atoms with Crippen molar-refractivity contribution in [2.75, 3.05) is 27.3 Å². The van der Waals surface area contributed by atoms with Gasteiger partial charge in [0.05, 0.1) is 20.3 Å². The first-order valence-corrected chi connectivity index (χ1v) is 11.2. The molecule has 0 N–H and O–H groups in total. The third-order valence-corrected chi connectivity index (χ3v) is 6.64. The third kappa shape index (κ3) is 3.52. The van der Waals surface area contributed by atoms with E-state index in [1.165, 1.54) is 4.90 Å². The predicted octanol–water partition coefficient (Wildman–Crippen LogP) is 4.30. The van der Waals surface area contributed by atoms with Crippen molar-refractivity contribution in [1.29, 1.82) is 0 Å². The Hall–Kier alpha value is -4.06. The van der Waals surface area contributed by atoms with Gasteiger partial charge in [0.1, 0.15) is 6.54 Å². The summed E-state index contributed by atoms with van der Waals surface area (Å²) in [5.74, 6) is 0.977. The number of carbonyl (C=O) groups is 2. The highest BCUT2D eigenvalue weighted by Gasteiger charge is 2.37. The van der Waals surface area contributed by atoms with E-state index in [1.807, 2.05) is 65.6 Å². The van der Waals surface area contributed by atoms with Gasteiger partial charge in [-0.25, -0.2) is 0 Å². The van der Waals surface area contributed by atoms with Gasteiger partial charge in [0.25, 0.3) is 5.91 Å². The van der Waals surface area contributed by atoms with Gasteiger partial charge >= 0.3 is 0 Å². The Morgan fingerprint density at radius 2 is 1.62 bits per heavy atom. The molecule has 2 aliphatic heterocycles. The maximum Gasteiger partial charge on any atom is 0.259 e. The van der Waals surface area contributed by atoms with Gasteiger partial charge in [-0.15, -0.1) is 0 Å². The van der Waals surface area contributed by atoms with Crippen molar-refractivity contribution < 1.29 is 19.1 Å². The quantitative estimate of drug-likeness (QED) is 0.577. The zero-order valence-electron chi connectivity index (χ0n) is 19.3. The number of ether oxygens (including phenoxy) is 2. The highest BCUT2D eigenvalue weighted by Crippen LogP contribution is 2.41. The molecule has 172 valence electrons. The summed E-state index contributed by atoms with van der Waals surface area (Å²) in [6.45, 7) is 4.56. The Balaban J connectivity index is 1.51. The summed E-state index contributed by atoms with van der Waals surface area (Å²) in [5, 5.41) is 0. The third-order valence-electron chi connectivity index (χ3n) is 6.64. The SMILES string of the molecule is C=C1c2ccccc2C(=O)N1CC(=O)N1CCc2cc(OC)c(OC)cc2C1c1ccccc1. The first kappa shape index (κ1) is 21.8. The summed E-state index contributed by atoms with van der Waals surface area (Å²) < 4.78 is 11.1. The molecule has 0 saturated carbocycles. The molecule has 0 aliphatic carbocycles. The number of rotatable bonds is 5. The second-order valence-electron chi connectivity index (χ2n) is 8.44. The minimum absolute atomic E-state index is 0.0572. The first-order valence-electron chi connectivity index (χ1n) is 11.2. The molecule has 6 nitrogen and oxygen atoms in total. The summed E-state index contributed by atoms with van der Waals surface area (Å²) in [6, 6.07) is 20.9. The molecule has 0 bridgehead atoms. The number of methoxy groups -OCH3 is 2. The lowest BCUT2D eigenvalue weighted by Crippen LogP contribution is -2.45. The number of nitrogens with zero attached hydrogens (tertiary/aromatic N) is 2. The lowest BCUT2D eigenvalue weighted by atomic mass is 9.87. The smallest absolute Gasteiger partial charge is 0.259 e. The van der Waals surface area contributed by atoms with Gasteiger partial charge in [0, 0.05) is 23.4 Å². The summed E-state index contributed by atoms with van der Waals surface area (Å²) in [6.07, 6.45) is 0.680. The molecule has 2 heterocycles. The van der Waals surface area contributed by atoms with E-state index in [9.17, 15) is 9.59 Å². The molecule has 0 fully saturated rings. The van der Waals surface area contributed by atoms with Gasteiger partial charge in [-0.2, -0.15) is 0 Å². The molecule has 2 aliphatic rings. The molecule has 1 atom stereocenters. The molecule has 0 spiro atoms. The van der Waals surface area contributed by atoms with Crippen LogP contribution in [0.2, 0.25) is 0 Å². The Morgan fingerprint density at radius 3 is 2.29 bits per heavy atom. The van der Waals surface area contributed by atoms with E-state index in [0.717, 1.165) is 22.3 Å². The van der Waals surface area contributed by atoms with Crippen molar-refractivity contribution in [3.05, 3.63) is 101 Å². The van der Waals surface area contributed by atoms with Gasteiger partial charge in [0.2, 0.25) is 5.91 Å². The molecule has 0 radical (unpaired) electrons. The minimum Gasteiger partial charge on any atom is -0.493 e. The fourth-order valence-corrected chi connectivity index (χ4v) is 4.94. The number of carbonyl (C=O) groups excluding carboxylic acids is 2. The maximum atomic E-state index is 13.7. The monoisotopic (exact) mass is 454 g/mol. The lowest BCUT2D eigenvalue weighted by Gasteiger charge is -2.39. The van der Waals surface area contributed by atoms with Crippen LogP contribution in [0.3, 0.4) is 0 Å². The normalized spacial score (nSPS) is 16.8. The van der Waals surface area contributed by atoms with E-state index in [-0.39, 0.29) is 24.4 Å². The Bertz CT molecular complexity index is 1250. The second-order valence-corrected chi connectivity index (χ2v) is 8.44.